The van der Waals surface area contributed by atoms with Crippen LogP contribution < -0.4 is 15.4 Å². The van der Waals surface area contributed by atoms with Gasteiger partial charge in [-0.15, -0.1) is 0 Å². The van der Waals surface area contributed by atoms with E-state index >= 15 is 0 Å². The van der Waals surface area contributed by atoms with Crippen molar-refractivity contribution in [3.8, 4) is 5.75 Å². The molecule has 0 spiro atoms. The van der Waals surface area contributed by atoms with Gasteiger partial charge in [-0.25, -0.2) is 9.59 Å². The molecule has 1 aromatic rings. The Bertz CT molecular complexity index is 530. The fraction of sp³-hybridized carbons (Fsp3) is 0.429. The number of ether oxygens (including phenoxy) is 1. The Labute approximate surface area is 127 Å². The minimum atomic E-state index is -1.10. The van der Waals surface area contributed by atoms with Gasteiger partial charge in [0, 0.05) is 17.9 Å². The van der Waals surface area contributed by atoms with Crippen molar-refractivity contribution in [3.63, 3.8) is 0 Å². The molecule has 1 atom stereocenters. The third-order valence-corrected chi connectivity index (χ3v) is 4.62. The van der Waals surface area contributed by atoms with Gasteiger partial charge in [0.05, 0.1) is 18.4 Å². The number of carbonyl (C=O) groups excluding carboxylic acids is 1. The smallest absolute Gasteiger partial charge is 0.337 e. The van der Waals surface area contributed by atoms with Crippen molar-refractivity contribution in [2.75, 3.05) is 24.7 Å². The van der Waals surface area contributed by atoms with Crippen LogP contribution in [0.5, 0.6) is 5.75 Å². The van der Waals surface area contributed by atoms with Crippen LogP contribution in [0.2, 0.25) is 0 Å². The van der Waals surface area contributed by atoms with Crippen LogP contribution in [0.4, 0.5) is 10.5 Å². The number of urea groups is 1. The fourth-order valence-electron chi connectivity index (χ4n) is 2.12. The molecule has 1 aliphatic rings. The monoisotopic (exact) mass is 310 g/mol. The lowest BCUT2D eigenvalue weighted by Crippen LogP contribution is -2.33. The molecule has 114 valence electrons. The molecule has 0 aromatic heterocycles. The summed E-state index contributed by atoms with van der Waals surface area (Å²) in [6.07, 6.45) is 2.28. The third kappa shape index (κ3) is 4.29. The first-order chi connectivity index (χ1) is 10.1. The van der Waals surface area contributed by atoms with Crippen molar-refractivity contribution in [3.05, 3.63) is 23.8 Å². The molecule has 2 rings (SSSR count). The van der Waals surface area contributed by atoms with Gasteiger partial charge in [-0.05, 0) is 30.7 Å². The van der Waals surface area contributed by atoms with E-state index in [4.69, 9.17) is 9.84 Å². The molecule has 0 saturated carbocycles. The van der Waals surface area contributed by atoms with Crippen LogP contribution >= 0.6 is 11.8 Å². The highest BCUT2D eigenvalue weighted by Crippen LogP contribution is 2.25. The molecule has 21 heavy (non-hydrogen) atoms. The molecular weight excluding hydrogens is 292 g/mol. The average Bonchev–Trinajstić information content (AvgIpc) is 2.98. The second-order valence-corrected chi connectivity index (χ2v) is 6.09. The number of rotatable bonds is 5. The summed E-state index contributed by atoms with van der Waals surface area (Å²) in [5, 5.41) is 14.9. The number of amides is 2. The summed E-state index contributed by atoms with van der Waals surface area (Å²) in [6.45, 7) is 0.586. The van der Waals surface area contributed by atoms with Gasteiger partial charge in [0.2, 0.25) is 0 Å². The van der Waals surface area contributed by atoms with E-state index in [0.717, 1.165) is 12.2 Å². The first-order valence-electron chi connectivity index (χ1n) is 6.68. The number of aromatic carboxylic acids is 1. The summed E-state index contributed by atoms with van der Waals surface area (Å²) >= 11 is 1.85. The fourth-order valence-corrected chi connectivity index (χ4v) is 3.32. The first-order valence-corrected chi connectivity index (χ1v) is 7.73. The van der Waals surface area contributed by atoms with E-state index in [0.29, 0.717) is 17.5 Å². The van der Waals surface area contributed by atoms with E-state index in [-0.39, 0.29) is 11.3 Å². The normalized spacial score (nSPS) is 17.3. The van der Waals surface area contributed by atoms with Gasteiger partial charge in [-0.2, -0.15) is 11.8 Å². The van der Waals surface area contributed by atoms with Crippen molar-refractivity contribution in [2.24, 2.45) is 0 Å². The summed E-state index contributed by atoms with van der Waals surface area (Å²) < 4.78 is 5.04. The van der Waals surface area contributed by atoms with Crippen molar-refractivity contribution in [1.29, 1.82) is 0 Å². The second kappa shape index (κ2) is 7.21. The zero-order valence-corrected chi connectivity index (χ0v) is 12.5. The van der Waals surface area contributed by atoms with E-state index in [2.05, 4.69) is 10.6 Å². The minimum absolute atomic E-state index is 0.0289. The van der Waals surface area contributed by atoms with E-state index in [1.807, 2.05) is 11.8 Å². The molecule has 6 nitrogen and oxygen atoms in total. The van der Waals surface area contributed by atoms with Crippen LogP contribution in [-0.2, 0) is 0 Å². The zero-order valence-electron chi connectivity index (χ0n) is 11.7. The Morgan fingerprint density at radius 1 is 1.48 bits per heavy atom. The predicted octanol–water partition coefficient (Wildman–Crippen LogP) is 2.41. The van der Waals surface area contributed by atoms with Crippen molar-refractivity contribution in [1.82, 2.24) is 5.32 Å². The van der Waals surface area contributed by atoms with E-state index in [1.54, 1.807) is 6.07 Å². The van der Waals surface area contributed by atoms with Gasteiger partial charge < -0.3 is 20.5 Å². The number of hydrogen-bond donors (Lipinski definition) is 3. The number of methoxy groups -OCH3 is 1. The van der Waals surface area contributed by atoms with Crippen molar-refractivity contribution in [2.45, 2.75) is 18.1 Å². The molecule has 1 fully saturated rings. The van der Waals surface area contributed by atoms with Crippen LogP contribution in [0, 0.1) is 0 Å². The Morgan fingerprint density at radius 2 is 2.29 bits per heavy atom. The van der Waals surface area contributed by atoms with E-state index in [1.165, 1.54) is 25.7 Å². The van der Waals surface area contributed by atoms with Crippen LogP contribution in [0.3, 0.4) is 0 Å². The quantitative estimate of drug-likeness (QED) is 0.777. The third-order valence-electron chi connectivity index (χ3n) is 3.22. The van der Waals surface area contributed by atoms with E-state index in [9.17, 15) is 9.59 Å². The van der Waals surface area contributed by atoms with Crippen LogP contribution in [0.1, 0.15) is 23.2 Å². The molecule has 0 radical (unpaired) electrons. The molecule has 1 saturated heterocycles. The van der Waals surface area contributed by atoms with Gasteiger partial charge in [0.25, 0.3) is 0 Å². The molecule has 1 aromatic carbocycles. The van der Waals surface area contributed by atoms with Gasteiger partial charge in [-0.3, -0.25) is 0 Å². The lowest BCUT2D eigenvalue weighted by molar-refractivity contribution is 0.0698. The average molecular weight is 310 g/mol. The molecule has 0 aliphatic carbocycles. The highest BCUT2D eigenvalue weighted by molar-refractivity contribution is 8.00. The molecule has 0 bridgehead atoms. The molecule has 7 heteroatoms. The largest absolute Gasteiger partial charge is 0.497 e. The number of carboxylic acids is 1. The molecule has 1 unspecified atom stereocenters. The van der Waals surface area contributed by atoms with Crippen molar-refractivity contribution >= 4 is 29.4 Å². The molecule has 3 N–H and O–H groups in total. The van der Waals surface area contributed by atoms with Gasteiger partial charge in [0.15, 0.2) is 0 Å². The summed E-state index contributed by atoms with van der Waals surface area (Å²) in [5.74, 6) is 0.522. The summed E-state index contributed by atoms with van der Waals surface area (Å²) in [7, 11) is 1.48. The number of hydrogen-bond acceptors (Lipinski definition) is 4. The standard InChI is InChI=1S/C14H18N2O4S/c1-20-9-4-5-11(13(17)18)12(7-9)16-14(19)15-8-10-3-2-6-21-10/h4-5,7,10H,2-3,6,8H2,1H3,(H,17,18)(H2,15,16,19). The summed E-state index contributed by atoms with van der Waals surface area (Å²) in [5.41, 5.74) is 0.250. The SMILES string of the molecule is COc1ccc(C(=O)O)c(NC(=O)NCC2CCCS2)c1. The number of carbonyl (C=O) groups is 2. The Morgan fingerprint density at radius 3 is 2.90 bits per heavy atom. The Hall–Kier alpha value is -1.89. The molecule has 1 aliphatic heterocycles. The number of benzene rings is 1. The summed E-state index contributed by atoms with van der Waals surface area (Å²) in [4.78, 5) is 23.0. The molecular formula is C14H18N2O4S. The number of anilines is 1. The van der Waals surface area contributed by atoms with Gasteiger partial charge in [0.1, 0.15) is 5.75 Å². The highest BCUT2D eigenvalue weighted by Gasteiger charge is 2.17. The van der Waals surface area contributed by atoms with Crippen LogP contribution in [-0.4, -0.2) is 41.8 Å². The minimum Gasteiger partial charge on any atom is -0.497 e. The first kappa shape index (κ1) is 15.5. The topological polar surface area (TPSA) is 87.7 Å². The van der Waals surface area contributed by atoms with Gasteiger partial charge >= 0.3 is 12.0 Å². The number of carboxylic acid groups (broad SMARTS) is 1. The zero-order chi connectivity index (χ0) is 15.2. The second-order valence-electron chi connectivity index (χ2n) is 4.69. The molecule has 1 heterocycles. The van der Waals surface area contributed by atoms with E-state index < -0.39 is 12.0 Å². The Kier molecular flexibility index (Phi) is 5.32. The van der Waals surface area contributed by atoms with Crippen molar-refractivity contribution < 1.29 is 19.4 Å². The maximum Gasteiger partial charge on any atom is 0.337 e. The predicted molar refractivity (Wildman–Crippen MR) is 82.5 cm³/mol. The maximum absolute atomic E-state index is 11.9. The maximum atomic E-state index is 11.9. The lowest BCUT2D eigenvalue weighted by Gasteiger charge is -2.13. The molecule has 2 amide bonds. The highest BCUT2D eigenvalue weighted by atomic mass is 32.2. The number of thioether (sulfide) groups is 1. The summed E-state index contributed by atoms with van der Waals surface area (Å²) in [6, 6.07) is 4.04. The lowest BCUT2D eigenvalue weighted by atomic mass is 10.1. The van der Waals surface area contributed by atoms with Crippen LogP contribution in [0.15, 0.2) is 18.2 Å². The van der Waals surface area contributed by atoms with Gasteiger partial charge in [-0.1, -0.05) is 0 Å². The van der Waals surface area contributed by atoms with Crippen LogP contribution in [0.25, 0.3) is 0 Å². The number of nitrogens with one attached hydrogen (secondary N) is 2. The Balaban J connectivity index is 1.99.